The van der Waals surface area contributed by atoms with E-state index in [1.165, 1.54) is 6.26 Å². The second kappa shape index (κ2) is 6.19. The number of nitrogens with zero attached hydrogens (tertiary/aromatic N) is 1. The first-order chi connectivity index (χ1) is 11.5. The molecular formula is C17H16N2O5. The Hall–Kier alpha value is -3.09. The standard InChI is InChI=1S/C17H16N2O5/c1-10-6-5-7-11(14(10)19(21)22)13-15(20)16(24-17(13)18-2)12-8-3-4-9-23-12/h4-9,16,18H,3H2,1-2H3. The Labute approximate surface area is 138 Å². The lowest BCUT2D eigenvalue weighted by Gasteiger charge is -2.16. The van der Waals surface area contributed by atoms with Crippen molar-refractivity contribution in [1.29, 1.82) is 0 Å². The van der Waals surface area contributed by atoms with Gasteiger partial charge in [0.2, 0.25) is 11.9 Å². The number of carbonyl (C=O) groups is 1. The summed E-state index contributed by atoms with van der Waals surface area (Å²) in [6.07, 6.45) is 4.76. The Morgan fingerprint density at radius 2 is 2.17 bits per heavy atom. The van der Waals surface area contributed by atoms with Crippen LogP contribution in [0.2, 0.25) is 0 Å². The summed E-state index contributed by atoms with van der Waals surface area (Å²) < 4.78 is 11.0. The van der Waals surface area contributed by atoms with Crippen LogP contribution in [-0.4, -0.2) is 23.9 Å². The Bertz CT molecular complexity index is 807. The van der Waals surface area contributed by atoms with Gasteiger partial charge in [-0.3, -0.25) is 14.9 Å². The molecule has 7 nitrogen and oxygen atoms in total. The molecule has 0 amide bonds. The van der Waals surface area contributed by atoms with E-state index in [4.69, 9.17) is 9.47 Å². The van der Waals surface area contributed by atoms with E-state index < -0.39 is 11.0 Å². The summed E-state index contributed by atoms with van der Waals surface area (Å²) in [6, 6.07) is 4.87. The smallest absolute Gasteiger partial charge is 0.280 e. The van der Waals surface area contributed by atoms with Crippen LogP contribution < -0.4 is 5.32 Å². The number of ether oxygens (including phenoxy) is 2. The number of nitro groups is 1. The number of ketones is 1. The van der Waals surface area contributed by atoms with Crippen LogP contribution in [0.4, 0.5) is 5.69 Å². The minimum absolute atomic E-state index is 0.101. The molecule has 24 heavy (non-hydrogen) atoms. The van der Waals surface area contributed by atoms with E-state index in [1.807, 2.05) is 6.08 Å². The average Bonchev–Trinajstić information content (AvgIpc) is 2.91. The third kappa shape index (κ3) is 2.54. The molecule has 1 atom stereocenters. The van der Waals surface area contributed by atoms with Crippen molar-refractivity contribution in [2.45, 2.75) is 19.4 Å². The van der Waals surface area contributed by atoms with E-state index in [2.05, 4.69) is 5.32 Å². The van der Waals surface area contributed by atoms with E-state index in [0.717, 1.165) is 0 Å². The van der Waals surface area contributed by atoms with Gasteiger partial charge in [0.15, 0.2) is 5.88 Å². The fraction of sp³-hybridized carbons (Fsp3) is 0.235. The van der Waals surface area contributed by atoms with Gasteiger partial charge in [-0.05, 0) is 31.6 Å². The third-order valence-electron chi connectivity index (χ3n) is 3.88. The van der Waals surface area contributed by atoms with Crippen molar-refractivity contribution in [2.24, 2.45) is 0 Å². The summed E-state index contributed by atoms with van der Waals surface area (Å²) in [5.74, 6) is 0.230. The SMILES string of the molecule is CNC1=C(c2cccc(C)c2[N+](=O)[O-])C(=O)C(C2=CCC=CO2)O1. The number of nitrogens with one attached hydrogen (secondary N) is 1. The number of hydrogen-bond donors (Lipinski definition) is 1. The van der Waals surface area contributed by atoms with Crippen LogP contribution >= 0.6 is 0 Å². The lowest BCUT2D eigenvalue weighted by atomic mass is 9.96. The van der Waals surface area contributed by atoms with Gasteiger partial charge in [-0.1, -0.05) is 12.1 Å². The van der Waals surface area contributed by atoms with Crippen LogP contribution in [0, 0.1) is 17.0 Å². The molecule has 1 aromatic rings. The van der Waals surface area contributed by atoms with Crippen molar-refractivity contribution in [3.8, 4) is 0 Å². The molecule has 1 N–H and O–H groups in total. The highest BCUT2D eigenvalue weighted by Gasteiger charge is 2.41. The second-order valence-electron chi connectivity index (χ2n) is 5.38. The van der Waals surface area contributed by atoms with Crippen LogP contribution in [-0.2, 0) is 14.3 Å². The van der Waals surface area contributed by atoms with Gasteiger partial charge in [-0.2, -0.15) is 0 Å². The maximum atomic E-state index is 12.9. The van der Waals surface area contributed by atoms with Crippen LogP contribution in [0.3, 0.4) is 0 Å². The van der Waals surface area contributed by atoms with Crippen LogP contribution in [0.15, 0.2) is 48.3 Å². The number of hydrogen-bond acceptors (Lipinski definition) is 6. The molecule has 0 bridgehead atoms. The Morgan fingerprint density at radius 3 is 2.79 bits per heavy atom. The first kappa shape index (κ1) is 15.8. The molecule has 3 rings (SSSR count). The van der Waals surface area contributed by atoms with E-state index in [0.29, 0.717) is 17.7 Å². The number of aryl methyl sites for hydroxylation is 1. The first-order valence-electron chi connectivity index (χ1n) is 7.43. The molecule has 1 aromatic carbocycles. The number of benzene rings is 1. The zero-order valence-electron chi connectivity index (χ0n) is 13.2. The van der Waals surface area contributed by atoms with Gasteiger partial charge < -0.3 is 14.8 Å². The monoisotopic (exact) mass is 328 g/mol. The number of carbonyl (C=O) groups excluding carboxylic acids is 1. The summed E-state index contributed by atoms with van der Waals surface area (Å²) in [7, 11) is 1.60. The van der Waals surface area contributed by atoms with Crippen molar-refractivity contribution in [1.82, 2.24) is 5.32 Å². The zero-order valence-corrected chi connectivity index (χ0v) is 13.2. The van der Waals surface area contributed by atoms with Crippen LogP contribution in [0.25, 0.3) is 5.57 Å². The quantitative estimate of drug-likeness (QED) is 0.675. The molecule has 0 fully saturated rings. The molecule has 0 spiro atoms. The summed E-state index contributed by atoms with van der Waals surface area (Å²) in [4.78, 5) is 23.8. The van der Waals surface area contributed by atoms with E-state index in [1.54, 1.807) is 38.2 Å². The molecule has 2 aliphatic rings. The Kier molecular flexibility index (Phi) is 4.07. The Balaban J connectivity index is 2.07. The first-order valence-corrected chi connectivity index (χ1v) is 7.43. The molecule has 2 aliphatic heterocycles. The van der Waals surface area contributed by atoms with Gasteiger partial charge in [-0.15, -0.1) is 0 Å². The molecule has 0 aliphatic carbocycles. The fourth-order valence-electron chi connectivity index (χ4n) is 2.79. The predicted octanol–water partition coefficient (Wildman–Crippen LogP) is 2.58. The van der Waals surface area contributed by atoms with Crippen molar-refractivity contribution >= 4 is 17.0 Å². The molecule has 124 valence electrons. The summed E-state index contributed by atoms with van der Waals surface area (Å²) in [5.41, 5.74) is 0.782. The lowest BCUT2D eigenvalue weighted by molar-refractivity contribution is -0.385. The fourth-order valence-corrected chi connectivity index (χ4v) is 2.79. The van der Waals surface area contributed by atoms with Crippen molar-refractivity contribution in [2.75, 3.05) is 7.05 Å². The van der Waals surface area contributed by atoms with Crippen LogP contribution in [0.5, 0.6) is 0 Å². The van der Waals surface area contributed by atoms with Gasteiger partial charge >= 0.3 is 0 Å². The molecule has 2 heterocycles. The normalized spacial score (nSPS) is 19.7. The summed E-state index contributed by atoms with van der Waals surface area (Å²) >= 11 is 0. The maximum Gasteiger partial charge on any atom is 0.280 e. The van der Waals surface area contributed by atoms with E-state index in [9.17, 15) is 14.9 Å². The van der Waals surface area contributed by atoms with Crippen molar-refractivity contribution in [3.05, 3.63) is 69.5 Å². The summed E-state index contributed by atoms with van der Waals surface area (Å²) in [5, 5.41) is 14.3. The number of nitro benzene ring substituents is 1. The molecule has 0 saturated carbocycles. The second-order valence-corrected chi connectivity index (χ2v) is 5.38. The van der Waals surface area contributed by atoms with Gasteiger partial charge in [-0.25, -0.2) is 0 Å². The highest BCUT2D eigenvalue weighted by Crippen LogP contribution is 2.38. The topological polar surface area (TPSA) is 90.7 Å². The third-order valence-corrected chi connectivity index (χ3v) is 3.88. The number of Topliss-reactive ketones (excluding diaryl/α,β-unsaturated/α-hetero) is 1. The van der Waals surface area contributed by atoms with E-state index >= 15 is 0 Å². The zero-order chi connectivity index (χ0) is 17.3. The molecular weight excluding hydrogens is 312 g/mol. The van der Waals surface area contributed by atoms with Gasteiger partial charge in [0, 0.05) is 12.6 Å². The van der Waals surface area contributed by atoms with Crippen LogP contribution in [0.1, 0.15) is 17.5 Å². The number of para-hydroxylation sites is 1. The Morgan fingerprint density at radius 1 is 1.38 bits per heavy atom. The number of rotatable bonds is 4. The molecule has 0 saturated heterocycles. The summed E-state index contributed by atoms with van der Waals surface area (Å²) in [6.45, 7) is 1.64. The molecule has 0 aromatic heterocycles. The minimum atomic E-state index is -0.937. The van der Waals surface area contributed by atoms with Crippen molar-refractivity contribution in [3.63, 3.8) is 0 Å². The maximum absolute atomic E-state index is 12.9. The minimum Gasteiger partial charge on any atom is -0.466 e. The van der Waals surface area contributed by atoms with Gasteiger partial charge in [0.25, 0.3) is 5.69 Å². The molecule has 1 unspecified atom stereocenters. The largest absolute Gasteiger partial charge is 0.466 e. The highest BCUT2D eigenvalue weighted by molar-refractivity contribution is 6.26. The highest BCUT2D eigenvalue weighted by atomic mass is 16.6. The molecule has 7 heteroatoms. The van der Waals surface area contributed by atoms with Gasteiger partial charge in [0.1, 0.15) is 5.76 Å². The predicted molar refractivity (Wildman–Crippen MR) is 86.6 cm³/mol. The van der Waals surface area contributed by atoms with Crippen molar-refractivity contribution < 1.29 is 19.2 Å². The van der Waals surface area contributed by atoms with E-state index in [-0.39, 0.29) is 28.5 Å². The molecule has 0 radical (unpaired) electrons. The number of allylic oxidation sites excluding steroid dienone is 2. The van der Waals surface area contributed by atoms with Gasteiger partial charge in [0.05, 0.1) is 22.3 Å². The lowest BCUT2D eigenvalue weighted by Crippen LogP contribution is -2.23. The average molecular weight is 328 g/mol.